The van der Waals surface area contributed by atoms with Crippen LogP contribution in [0.3, 0.4) is 0 Å². The van der Waals surface area contributed by atoms with E-state index >= 15 is 0 Å². The summed E-state index contributed by atoms with van der Waals surface area (Å²) in [6.45, 7) is 4.03. The van der Waals surface area contributed by atoms with E-state index in [1.165, 1.54) is 18.2 Å². The van der Waals surface area contributed by atoms with Crippen molar-refractivity contribution in [3.05, 3.63) is 52.0 Å². The highest BCUT2D eigenvalue weighted by atomic mass is 32.1. The Morgan fingerprint density at radius 1 is 1.27 bits per heavy atom. The van der Waals surface area contributed by atoms with Gasteiger partial charge in [0.2, 0.25) is 0 Å². The second kappa shape index (κ2) is 7.17. The molecular formula is C16H17FN2O2S. The topological polar surface area (TPSA) is 58.2 Å². The van der Waals surface area contributed by atoms with Gasteiger partial charge >= 0.3 is 11.8 Å². The van der Waals surface area contributed by atoms with Crippen molar-refractivity contribution in [3.8, 4) is 0 Å². The number of carbonyl (C=O) groups excluding carboxylic acids is 2. The summed E-state index contributed by atoms with van der Waals surface area (Å²) >= 11 is 1.61. The molecule has 2 N–H and O–H groups in total. The van der Waals surface area contributed by atoms with Crippen LogP contribution in [0.15, 0.2) is 35.7 Å². The Labute approximate surface area is 132 Å². The first-order valence-electron chi connectivity index (χ1n) is 6.86. The Kier molecular flexibility index (Phi) is 5.27. The molecule has 2 aromatic rings. The lowest BCUT2D eigenvalue weighted by atomic mass is 10.1. The zero-order chi connectivity index (χ0) is 16.1. The molecule has 1 atom stereocenters. The molecule has 4 nitrogen and oxygen atoms in total. The Balaban J connectivity index is 1.88. The van der Waals surface area contributed by atoms with Gasteiger partial charge in [-0.25, -0.2) is 4.39 Å². The van der Waals surface area contributed by atoms with E-state index < -0.39 is 11.8 Å². The fourth-order valence-electron chi connectivity index (χ4n) is 1.94. The van der Waals surface area contributed by atoms with Crippen molar-refractivity contribution in [1.82, 2.24) is 5.32 Å². The van der Waals surface area contributed by atoms with Crippen LogP contribution in [0.25, 0.3) is 0 Å². The summed E-state index contributed by atoms with van der Waals surface area (Å²) in [6.07, 6.45) is 0. The van der Waals surface area contributed by atoms with E-state index in [1.807, 2.05) is 24.4 Å². The first-order chi connectivity index (χ1) is 10.5. The standard InChI is InChI=1S/C16H17FN2O2S/c1-10-8-12(17)5-6-13(10)19-16(21)15(20)18-9-11(2)14-4-3-7-22-14/h3-8,11H,9H2,1-2H3,(H,18,20)(H,19,21). The van der Waals surface area contributed by atoms with Gasteiger partial charge in [-0.3, -0.25) is 9.59 Å². The zero-order valence-corrected chi connectivity index (χ0v) is 13.2. The van der Waals surface area contributed by atoms with Gasteiger partial charge in [0.25, 0.3) is 0 Å². The van der Waals surface area contributed by atoms with E-state index in [0.29, 0.717) is 17.8 Å². The Morgan fingerprint density at radius 2 is 2.05 bits per heavy atom. The van der Waals surface area contributed by atoms with Gasteiger partial charge in [0.05, 0.1) is 0 Å². The fourth-order valence-corrected chi connectivity index (χ4v) is 2.73. The van der Waals surface area contributed by atoms with Gasteiger partial charge in [-0.1, -0.05) is 13.0 Å². The van der Waals surface area contributed by atoms with Crippen molar-refractivity contribution >= 4 is 28.8 Å². The van der Waals surface area contributed by atoms with Gasteiger partial charge in [0.15, 0.2) is 0 Å². The highest BCUT2D eigenvalue weighted by Crippen LogP contribution is 2.19. The second-order valence-electron chi connectivity index (χ2n) is 5.04. The fraction of sp³-hybridized carbons (Fsp3) is 0.250. The molecule has 0 aliphatic carbocycles. The normalized spacial score (nSPS) is 11.8. The Bertz CT molecular complexity index is 671. The van der Waals surface area contributed by atoms with Crippen LogP contribution in [0.4, 0.5) is 10.1 Å². The summed E-state index contributed by atoms with van der Waals surface area (Å²) in [6, 6.07) is 7.90. The van der Waals surface area contributed by atoms with E-state index in [9.17, 15) is 14.0 Å². The monoisotopic (exact) mass is 320 g/mol. The number of hydrogen-bond donors (Lipinski definition) is 2. The van der Waals surface area contributed by atoms with E-state index in [-0.39, 0.29) is 11.7 Å². The maximum atomic E-state index is 13.0. The van der Waals surface area contributed by atoms with Crippen LogP contribution >= 0.6 is 11.3 Å². The van der Waals surface area contributed by atoms with Gasteiger partial charge in [-0.15, -0.1) is 11.3 Å². The first-order valence-corrected chi connectivity index (χ1v) is 7.74. The minimum Gasteiger partial charge on any atom is -0.347 e. The third-order valence-electron chi connectivity index (χ3n) is 3.24. The first kappa shape index (κ1) is 16.2. The molecular weight excluding hydrogens is 303 g/mol. The maximum Gasteiger partial charge on any atom is 0.313 e. The van der Waals surface area contributed by atoms with Gasteiger partial charge < -0.3 is 10.6 Å². The summed E-state index contributed by atoms with van der Waals surface area (Å²) < 4.78 is 13.0. The van der Waals surface area contributed by atoms with Crippen LogP contribution in [0.5, 0.6) is 0 Å². The number of nitrogens with one attached hydrogen (secondary N) is 2. The van der Waals surface area contributed by atoms with E-state index in [0.717, 1.165) is 4.88 Å². The van der Waals surface area contributed by atoms with Crippen LogP contribution < -0.4 is 10.6 Å². The number of hydrogen-bond acceptors (Lipinski definition) is 3. The minimum atomic E-state index is -0.756. The van der Waals surface area contributed by atoms with Gasteiger partial charge in [-0.05, 0) is 42.1 Å². The molecule has 0 spiro atoms. The average Bonchev–Trinajstić information content (AvgIpc) is 3.01. The lowest BCUT2D eigenvalue weighted by Gasteiger charge is -2.12. The minimum absolute atomic E-state index is 0.143. The number of amides is 2. The zero-order valence-electron chi connectivity index (χ0n) is 12.4. The van der Waals surface area contributed by atoms with Crippen molar-refractivity contribution in [1.29, 1.82) is 0 Å². The molecule has 0 radical (unpaired) electrons. The smallest absolute Gasteiger partial charge is 0.313 e. The molecule has 1 aromatic carbocycles. The Morgan fingerprint density at radius 3 is 2.68 bits per heavy atom. The molecule has 2 rings (SSSR count). The number of benzene rings is 1. The number of halogens is 1. The van der Waals surface area contributed by atoms with Gasteiger partial charge in [-0.2, -0.15) is 0 Å². The summed E-state index contributed by atoms with van der Waals surface area (Å²) in [7, 11) is 0. The lowest BCUT2D eigenvalue weighted by molar-refractivity contribution is -0.136. The third kappa shape index (κ3) is 4.14. The second-order valence-corrected chi connectivity index (χ2v) is 6.02. The molecule has 1 aromatic heterocycles. The summed E-state index contributed by atoms with van der Waals surface area (Å²) in [4.78, 5) is 24.8. The average molecular weight is 320 g/mol. The largest absolute Gasteiger partial charge is 0.347 e. The third-order valence-corrected chi connectivity index (χ3v) is 4.34. The number of carbonyl (C=O) groups is 2. The summed E-state index contributed by atoms with van der Waals surface area (Å²) in [5.41, 5.74) is 0.987. The quantitative estimate of drug-likeness (QED) is 0.851. The van der Waals surface area contributed by atoms with Crippen LogP contribution in [0.2, 0.25) is 0 Å². The molecule has 0 bridgehead atoms. The molecule has 0 aliphatic rings. The SMILES string of the molecule is Cc1cc(F)ccc1NC(=O)C(=O)NCC(C)c1cccs1. The predicted octanol–water partition coefficient (Wildman–Crippen LogP) is 3.05. The summed E-state index contributed by atoms with van der Waals surface area (Å²) in [5.74, 6) is -1.70. The molecule has 0 saturated carbocycles. The molecule has 2 amide bonds. The molecule has 1 heterocycles. The molecule has 6 heteroatoms. The van der Waals surface area contributed by atoms with Crippen molar-refractivity contribution in [2.24, 2.45) is 0 Å². The molecule has 1 unspecified atom stereocenters. The van der Waals surface area contributed by atoms with Crippen molar-refractivity contribution in [2.45, 2.75) is 19.8 Å². The molecule has 0 saturated heterocycles. The Hall–Kier alpha value is -2.21. The van der Waals surface area contributed by atoms with E-state index in [4.69, 9.17) is 0 Å². The highest BCUT2D eigenvalue weighted by molar-refractivity contribution is 7.10. The molecule has 0 fully saturated rings. The van der Waals surface area contributed by atoms with Crippen LogP contribution in [-0.4, -0.2) is 18.4 Å². The lowest BCUT2D eigenvalue weighted by Crippen LogP contribution is -2.37. The highest BCUT2D eigenvalue weighted by Gasteiger charge is 2.16. The summed E-state index contributed by atoms with van der Waals surface area (Å²) in [5, 5.41) is 7.05. The molecule has 116 valence electrons. The molecule has 22 heavy (non-hydrogen) atoms. The number of anilines is 1. The van der Waals surface area contributed by atoms with Crippen LogP contribution in [0.1, 0.15) is 23.3 Å². The van der Waals surface area contributed by atoms with Crippen molar-refractivity contribution < 1.29 is 14.0 Å². The van der Waals surface area contributed by atoms with Gasteiger partial charge in [0, 0.05) is 23.0 Å². The van der Waals surface area contributed by atoms with Crippen molar-refractivity contribution in [3.63, 3.8) is 0 Å². The van der Waals surface area contributed by atoms with E-state index in [1.54, 1.807) is 18.3 Å². The van der Waals surface area contributed by atoms with Crippen LogP contribution in [-0.2, 0) is 9.59 Å². The number of aryl methyl sites for hydroxylation is 1. The predicted molar refractivity (Wildman–Crippen MR) is 85.5 cm³/mol. The van der Waals surface area contributed by atoms with Gasteiger partial charge in [0.1, 0.15) is 5.82 Å². The van der Waals surface area contributed by atoms with E-state index in [2.05, 4.69) is 10.6 Å². The van der Waals surface area contributed by atoms with Crippen LogP contribution in [0, 0.1) is 12.7 Å². The maximum absolute atomic E-state index is 13.0. The number of rotatable bonds is 4. The number of thiophene rings is 1. The van der Waals surface area contributed by atoms with Crippen molar-refractivity contribution in [2.75, 3.05) is 11.9 Å². The molecule has 0 aliphatic heterocycles.